The molecule has 0 bridgehead atoms. The molecule has 13 heavy (non-hydrogen) atoms. The van der Waals surface area contributed by atoms with Crippen LogP contribution < -0.4 is 5.32 Å². The molecule has 0 heterocycles. The van der Waals surface area contributed by atoms with Crippen LogP contribution in [-0.4, -0.2) is 11.3 Å². The first-order valence-electron chi connectivity index (χ1n) is 4.53. The van der Waals surface area contributed by atoms with Crippen molar-refractivity contribution in [2.75, 3.05) is 0 Å². The molecular formula is C10H18ClNO. The molecule has 76 valence electrons. The van der Waals surface area contributed by atoms with Crippen molar-refractivity contribution in [1.82, 2.24) is 5.32 Å². The summed E-state index contributed by atoms with van der Waals surface area (Å²) in [5.41, 5.74) is -0.0490. The molecule has 0 aromatic carbocycles. The van der Waals surface area contributed by atoms with Crippen LogP contribution in [0.25, 0.3) is 0 Å². The lowest BCUT2D eigenvalue weighted by Gasteiger charge is -2.18. The number of hydrogen-bond donors (Lipinski definition) is 1. The van der Waals surface area contributed by atoms with E-state index in [-0.39, 0.29) is 16.4 Å². The van der Waals surface area contributed by atoms with Gasteiger partial charge in [-0.05, 0) is 27.2 Å². The number of hydrogen-bond acceptors (Lipinski definition) is 2. The second-order valence-corrected chi connectivity index (χ2v) is 4.47. The maximum Gasteiger partial charge on any atom is 0.175 e. The Labute approximate surface area is 85.3 Å². The molecule has 0 saturated heterocycles. The van der Waals surface area contributed by atoms with Crippen molar-refractivity contribution >= 4 is 17.4 Å². The quantitative estimate of drug-likeness (QED) is 0.712. The Morgan fingerprint density at radius 1 is 1.46 bits per heavy atom. The Bertz CT molecular complexity index is 203. The Kier molecular flexibility index (Phi) is 5.07. The monoisotopic (exact) mass is 203 g/mol. The van der Waals surface area contributed by atoms with Crippen molar-refractivity contribution in [2.24, 2.45) is 0 Å². The van der Waals surface area contributed by atoms with E-state index in [1.807, 2.05) is 27.7 Å². The SMILES string of the molecule is CCCC(=O)C(Cl)=CNC(C)(C)C. The highest BCUT2D eigenvalue weighted by atomic mass is 35.5. The van der Waals surface area contributed by atoms with Crippen molar-refractivity contribution in [3.05, 3.63) is 11.2 Å². The summed E-state index contributed by atoms with van der Waals surface area (Å²) in [5, 5.41) is 3.33. The topological polar surface area (TPSA) is 29.1 Å². The van der Waals surface area contributed by atoms with Gasteiger partial charge in [0.1, 0.15) is 0 Å². The molecule has 0 saturated carbocycles. The molecule has 0 amide bonds. The highest BCUT2D eigenvalue weighted by molar-refractivity contribution is 6.42. The second kappa shape index (κ2) is 5.28. The minimum Gasteiger partial charge on any atom is -0.385 e. The van der Waals surface area contributed by atoms with Crippen LogP contribution in [0, 0.1) is 0 Å². The van der Waals surface area contributed by atoms with Crippen LogP contribution in [0.4, 0.5) is 0 Å². The van der Waals surface area contributed by atoms with Gasteiger partial charge in [0.05, 0.1) is 5.03 Å². The van der Waals surface area contributed by atoms with Crippen molar-refractivity contribution in [2.45, 2.75) is 46.1 Å². The van der Waals surface area contributed by atoms with Gasteiger partial charge in [0.25, 0.3) is 0 Å². The van der Waals surface area contributed by atoms with Crippen LogP contribution in [0.3, 0.4) is 0 Å². The average molecular weight is 204 g/mol. The molecule has 0 aliphatic carbocycles. The van der Waals surface area contributed by atoms with Gasteiger partial charge in [0.2, 0.25) is 0 Å². The number of Topliss-reactive ketones (excluding diaryl/α,β-unsaturated/α-hetero) is 1. The summed E-state index contributed by atoms with van der Waals surface area (Å²) in [6, 6.07) is 0. The fourth-order valence-corrected chi connectivity index (χ4v) is 0.856. The van der Waals surface area contributed by atoms with Crippen LogP contribution in [0.5, 0.6) is 0 Å². The van der Waals surface area contributed by atoms with E-state index in [2.05, 4.69) is 5.32 Å². The Morgan fingerprint density at radius 2 is 2.00 bits per heavy atom. The van der Waals surface area contributed by atoms with Crippen LogP contribution in [0.1, 0.15) is 40.5 Å². The average Bonchev–Trinajstić information content (AvgIpc) is 1.99. The van der Waals surface area contributed by atoms with Gasteiger partial charge in [-0.3, -0.25) is 4.79 Å². The molecule has 0 spiro atoms. The van der Waals surface area contributed by atoms with Gasteiger partial charge in [-0.2, -0.15) is 0 Å². The Hall–Kier alpha value is -0.500. The van der Waals surface area contributed by atoms with E-state index in [4.69, 9.17) is 11.6 Å². The van der Waals surface area contributed by atoms with E-state index >= 15 is 0 Å². The van der Waals surface area contributed by atoms with Crippen molar-refractivity contribution in [1.29, 1.82) is 0 Å². The standard InChI is InChI=1S/C10H18ClNO/c1-5-6-9(13)8(11)7-12-10(2,3)4/h7,12H,5-6H2,1-4H3. The zero-order chi connectivity index (χ0) is 10.5. The molecule has 0 atom stereocenters. The van der Waals surface area contributed by atoms with Crippen LogP contribution in [0.2, 0.25) is 0 Å². The predicted octanol–water partition coefficient (Wildman–Crippen LogP) is 2.82. The molecule has 0 aliphatic rings. The van der Waals surface area contributed by atoms with Gasteiger partial charge in [0.15, 0.2) is 5.78 Å². The third-order valence-corrected chi connectivity index (χ3v) is 1.70. The molecule has 0 radical (unpaired) electrons. The first kappa shape index (κ1) is 12.5. The van der Waals surface area contributed by atoms with Gasteiger partial charge in [-0.1, -0.05) is 18.5 Å². The predicted molar refractivity (Wildman–Crippen MR) is 56.7 cm³/mol. The minimum atomic E-state index is -0.0490. The van der Waals surface area contributed by atoms with E-state index in [9.17, 15) is 4.79 Å². The van der Waals surface area contributed by atoms with Crippen LogP contribution >= 0.6 is 11.6 Å². The van der Waals surface area contributed by atoms with Crippen LogP contribution in [-0.2, 0) is 4.79 Å². The van der Waals surface area contributed by atoms with E-state index < -0.39 is 0 Å². The second-order valence-electron chi connectivity index (χ2n) is 4.06. The molecule has 0 aromatic heterocycles. The lowest BCUT2D eigenvalue weighted by molar-refractivity contribution is -0.115. The molecule has 0 rings (SSSR count). The number of halogens is 1. The summed E-state index contributed by atoms with van der Waals surface area (Å²) in [6.45, 7) is 7.99. The lowest BCUT2D eigenvalue weighted by Crippen LogP contribution is -2.31. The summed E-state index contributed by atoms with van der Waals surface area (Å²) in [4.78, 5) is 11.2. The normalized spacial score (nSPS) is 12.8. The first-order valence-corrected chi connectivity index (χ1v) is 4.91. The van der Waals surface area contributed by atoms with E-state index in [0.29, 0.717) is 6.42 Å². The molecule has 0 aliphatic heterocycles. The van der Waals surface area contributed by atoms with Gasteiger partial charge in [-0.15, -0.1) is 0 Å². The summed E-state index contributed by atoms with van der Waals surface area (Å²) < 4.78 is 0. The van der Waals surface area contributed by atoms with Crippen LogP contribution in [0.15, 0.2) is 11.2 Å². The van der Waals surface area contributed by atoms with E-state index in [1.54, 1.807) is 6.20 Å². The number of ketones is 1. The molecule has 0 unspecified atom stereocenters. The maximum atomic E-state index is 11.2. The van der Waals surface area contributed by atoms with Gasteiger partial charge < -0.3 is 5.32 Å². The molecule has 0 fully saturated rings. The zero-order valence-corrected chi connectivity index (χ0v) is 9.53. The van der Waals surface area contributed by atoms with Crippen molar-refractivity contribution < 1.29 is 4.79 Å². The maximum absolute atomic E-state index is 11.2. The highest BCUT2D eigenvalue weighted by Crippen LogP contribution is 2.08. The third kappa shape index (κ3) is 6.64. The minimum absolute atomic E-state index is 0.000849. The van der Waals surface area contributed by atoms with Gasteiger partial charge in [-0.25, -0.2) is 0 Å². The third-order valence-electron chi connectivity index (χ3n) is 1.38. The fraction of sp³-hybridized carbons (Fsp3) is 0.700. The van der Waals surface area contributed by atoms with Gasteiger partial charge in [0, 0.05) is 18.2 Å². The number of allylic oxidation sites excluding steroid dienone is 1. The molecule has 3 heteroatoms. The molecule has 1 N–H and O–H groups in total. The smallest absolute Gasteiger partial charge is 0.175 e. The Morgan fingerprint density at radius 3 is 2.38 bits per heavy atom. The number of nitrogens with one attached hydrogen (secondary N) is 1. The highest BCUT2D eigenvalue weighted by Gasteiger charge is 2.09. The van der Waals surface area contributed by atoms with Crippen molar-refractivity contribution in [3.8, 4) is 0 Å². The summed E-state index contributed by atoms with van der Waals surface area (Å²) in [7, 11) is 0. The Balaban J connectivity index is 4.09. The largest absolute Gasteiger partial charge is 0.385 e. The van der Waals surface area contributed by atoms with Gasteiger partial charge >= 0.3 is 0 Å². The first-order chi connectivity index (χ1) is 5.87. The number of rotatable bonds is 4. The summed E-state index contributed by atoms with van der Waals surface area (Å²) in [6.07, 6.45) is 2.93. The molecular weight excluding hydrogens is 186 g/mol. The number of carbonyl (C=O) groups is 1. The zero-order valence-electron chi connectivity index (χ0n) is 8.78. The summed E-state index contributed by atoms with van der Waals surface area (Å²) >= 11 is 5.77. The van der Waals surface area contributed by atoms with E-state index in [1.165, 1.54) is 0 Å². The number of carbonyl (C=O) groups excluding carboxylic acids is 1. The lowest BCUT2D eigenvalue weighted by atomic mass is 10.1. The molecule has 2 nitrogen and oxygen atoms in total. The fourth-order valence-electron chi connectivity index (χ4n) is 0.707. The summed E-state index contributed by atoms with van der Waals surface area (Å²) in [5.74, 6) is 0.000849. The van der Waals surface area contributed by atoms with E-state index in [0.717, 1.165) is 6.42 Å². The molecule has 0 aromatic rings. The van der Waals surface area contributed by atoms with Crippen molar-refractivity contribution in [3.63, 3.8) is 0 Å².